The summed E-state index contributed by atoms with van der Waals surface area (Å²) in [5.41, 5.74) is 0. The van der Waals surface area contributed by atoms with Crippen molar-refractivity contribution in [1.82, 2.24) is 4.90 Å². The smallest absolute Gasteiger partial charge is 0.307 e. The molecule has 1 aliphatic heterocycles. The lowest BCUT2D eigenvalue weighted by atomic mass is 9.78. The van der Waals surface area contributed by atoms with E-state index >= 15 is 0 Å². The molecule has 0 radical (unpaired) electrons. The van der Waals surface area contributed by atoms with E-state index in [0.29, 0.717) is 19.4 Å². The Morgan fingerprint density at radius 1 is 1.06 bits per heavy atom. The minimum atomic E-state index is -0.854. The number of aliphatic hydroxyl groups excluding tert-OH is 1. The standard InChI is InChI=1S/C13H21NO4/c15-8-9-4-3-7-14(9)12(16)10-5-1-2-6-11(10)13(17)18/h9-11,15H,1-8H2,(H,17,18)/t9?,10-,11+/m1/s1. The van der Waals surface area contributed by atoms with Gasteiger partial charge in [0.25, 0.3) is 0 Å². The SMILES string of the molecule is O=C(O)[C@H]1CCCC[C@H]1C(=O)N1CCCC1CO. The second-order valence-electron chi connectivity index (χ2n) is 5.35. The van der Waals surface area contributed by atoms with Gasteiger partial charge in [0.2, 0.25) is 5.91 Å². The summed E-state index contributed by atoms with van der Waals surface area (Å²) >= 11 is 0. The van der Waals surface area contributed by atoms with Crippen molar-refractivity contribution in [3.63, 3.8) is 0 Å². The number of carboxylic acids is 1. The van der Waals surface area contributed by atoms with Crippen LogP contribution in [-0.2, 0) is 9.59 Å². The van der Waals surface area contributed by atoms with Crippen LogP contribution in [0.3, 0.4) is 0 Å². The highest BCUT2D eigenvalue weighted by atomic mass is 16.4. The van der Waals surface area contributed by atoms with Gasteiger partial charge in [-0.15, -0.1) is 0 Å². The molecule has 0 aromatic carbocycles. The maximum atomic E-state index is 12.4. The summed E-state index contributed by atoms with van der Waals surface area (Å²) in [7, 11) is 0. The van der Waals surface area contributed by atoms with Crippen LogP contribution < -0.4 is 0 Å². The first-order chi connectivity index (χ1) is 8.65. The number of aliphatic hydroxyl groups is 1. The van der Waals surface area contributed by atoms with Gasteiger partial charge in [-0.3, -0.25) is 9.59 Å². The minimum Gasteiger partial charge on any atom is -0.481 e. The molecule has 2 N–H and O–H groups in total. The highest BCUT2D eigenvalue weighted by Crippen LogP contribution is 2.33. The predicted molar refractivity (Wildman–Crippen MR) is 64.9 cm³/mol. The zero-order valence-electron chi connectivity index (χ0n) is 10.5. The Balaban J connectivity index is 2.08. The molecule has 0 aromatic rings. The van der Waals surface area contributed by atoms with E-state index in [2.05, 4.69) is 0 Å². The van der Waals surface area contributed by atoms with Gasteiger partial charge in [0.05, 0.1) is 24.5 Å². The Morgan fingerprint density at radius 2 is 1.72 bits per heavy atom. The number of nitrogens with zero attached hydrogens (tertiary/aromatic N) is 1. The first kappa shape index (κ1) is 13.3. The van der Waals surface area contributed by atoms with Crippen LogP contribution in [0.25, 0.3) is 0 Å². The van der Waals surface area contributed by atoms with Gasteiger partial charge in [-0.05, 0) is 25.7 Å². The maximum absolute atomic E-state index is 12.4. The van der Waals surface area contributed by atoms with Crippen molar-refractivity contribution in [1.29, 1.82) is 0 Å². The van der Waals surface area contributed by atoms with E-state index in [1.165, 1.54) is 0 Å². The second-order valence-corrected chi connectivity index (χ2v) is 5.35. The van der Waals surface area contributed by atoms with Gasteiger partial charge < -0.3 is 15.1 Å². The Bertz CT molecular complexity index is 331. The molecule has 1 saturated heterocycles. The van der Waals surface area contributed by atoms with Crippen LogP contribution in [0.1, 0.15) is 38.5 Å². The topological polar surface area (TPSA) is 77.8 Å². The normalized spacial score (nSPS) is 32.5. The van der Waals surface area contributed by atoms with Crippen molar-refractivity contribution in [3.8, 4) is 0 Å². The number of hydrogen-bond acceptors (Lipinski definition) is 3. The molecule has 5 nitrogen and oxygen atoms in total. The molecule has 0 spiro atoms. The molecule has 1 aliphatic carbocycles. The quantitative estimate of drug-likeness (QED) is 0.784. The number of carbonyl (C=O) groups is 2. The number of rotatable bonds is 3. The summed E-state index contributed by atoms with van der Waals surface area (Å²) in [5, 5.41) is 18.5. The van der Waals surface area contributed by atoms with Gasteiger partial charge in [0.1, 0.15) is 0 Å². The van der Waals surface area contributed by atoms with Crippen molar-refractivity contribution < 1.29 is 19.8 Å². The zero-order valence-corrected chi connectivity index (χ0v) is 10.5. The van der Waals surface area contributed by atoms with Crippen molar-refractivity contribution >= 4 is 11.9 Å². The predicted octanol–water partition coefficient (Wildman–Crippen LogP) is 0.861. The summed E-state index contributed by atoms with van der Waals surface area (Å²) < 4.78 is 0. The molecule has 0 bridgehead atoms. The molecule has 5 heteroatoms. The second kappa shape index (κ2) is 5.69. The van der Waals surface area contributed by atoms with Crippen LogP contribution in [0.15, 0.2) is 0 Å². The largest absolute Gasteiger partial charge is 0.481 e. The van der Waals surface area contributed by atoms with Crippen molar-refractivity contribution in [2.45, 2.75) is 44.6 Å². The zero-order chi connectivity index (χ0) is 13.1. The lowest BCUT2D eigenvalue weighted by Crippen LogP contribution is -2.45. The van der Waals surface area contributed by atoms with E-state index in [1.54, 1.807) is 4.90 Å². The van der Waals surface area contributed by atoms with Crippen LogP contribution in [0.4, 0.5) is 0 Å². The Morgan fingerprint density at radius 3 is 2.33 bits per heavy atom. The molecular formula is C13H21NO4. The van der Waals surface area contributed by atoms with Crippen molar-refractivity contribution in [2.24, 2.45) is 11.8 Å². The first-order valence-corrected chi connectivity index (χ1v) is 6.79. The van der Waals surface area contributed by atoms with E-state index in [0.717, 1.165) is 25.7 Å². The number of carbonyl (C=O) groups excluding carboxylic acids is 1. The van der Waals surface area contributed by atoms with E-state index < -0.39 is 11.9 Å². The van der Waals surface area contributed by atoms with Gasteiger partial charge in [-0.25, -0.2) is 0 Å². The van der Waals surface area contributed by atoms with Crippen molar-refractivity contribution in [3.05, 3.63) is 0 Å². The number of carboxylic acid groups (broad SMARTS) is 1. The number of aliphatic carboxylic acids is 1. The summed E-state index contributed by atoms with van der Waals surface area (Å²) in [6.45, 7) is 0.642. The molecule has 2 fully saturated rings. The fraction of sp³-hybridized carbons (Fsp3) is 0.846. The van der Waals surface area contributed by atoms with Crippen LogP contribution >= 0.6 is 0 Å². The Kier molecular flexibility index (Phi) is 4.22. The average Bonchev–Trinajstić information content (AvgIpc) is 2.86. The minimum absolute atomic E-state index is 0.0177. The Hall–Kier alpha value is -1.10. The molecule has 2 rings (SSSR count). The van der Waals surface area contributed by atoms with Gasteiger partial charge in [0.15, 0.2) is 0 Å². The van der Waals surface area contributed by atoms with Crippen LogP contribution in [0, 0.1) is 11.8 Å². The van der Waals surface area contributed by atoms with Gasteiger partial charge >= 0.3 is 5.97 Å². The van der Waals surface area contributed by atoms with Crippen LogP contribution in [0.5, 0.6) is 0 Å². The molecular weight excluding hydrogens is 234 g/mol. The molecule has 1 heterocycles. The highest BCUT2D eigenvalue weighted by Gasteiger charge is 2.40. The monoisotopic (exact) mass is 255 g/mol. The molecule has 0 aromatic heterocycles. The molecule has 3 atom stereocenters. The third-order valence-corrected chi connectivity index (χ3v) is 4.27. The number of amides is 1. The summed E-state index contributed by atoms with van der Waals surface area (Å²) in [6, 6.07) is -0.103. The third kappa shape index (κ3) is 2.51. The third-order valence-electron chi connectivity index (χ3n) is 4.27. The van der Waals surface area contributed by atoms with E-state index in [-0.39, 0.29) is 24.5 Å². The van der Waals surface area contributed by atoms with E-state index in [1.807, 2.05) is 0 Å². The fourth-order valence-corrected chi connectivity index (χ4v) is 3.25. The molecule has 1 amide bonds. The van der Waals surface area contributed by atoms with Crippen LogP contribution in [-0.4, -0.2) is 46.2 Å². The van der Waals surface area contributed by atoms with Gasteiger partial charge in [-0.1, -0.05) is 12.8 Å². The van der Waals surface area contributed by atoms with E-state index in [4.69, 9.17) is 0 Å². The van der Waals surface area contributed by atoms with Gasteiger partial charge in [-0.2, -0.15) is 0 Å². The first-order valence-electron chi connectivity index (χ1n) is 6.79. The molecule has 18 heavy (non-hydrogen) atoms. The average molecular weight is 255 g/mol. The molecule has 1 unspecified atom stereocenters. The molecule has 2 aliphatic rings. The Labute approximate surface area is 107 Å². The van der Waals surface area contributed by atoms with Crippen molar-refractivity contribution in [2.75, 3.05) is 13.2 Å². The van der Waals surface area contributed by atoms with Crippen LogP contribution in [0.2, 0.25) is 0 Å². The lowest BCUT2D eigenvalue weighted by molar-refractivity contribution is -0.153. The van der Waals surface area contributed by atoms with E-state index in [9.17, 15) is 19.8 Å². The molecule has 1 saturated carbocycles. The summed E-state index contributed by atoms with van der Waals surface area (Å²) in [6.07, 6.45) is 4.82. The number of hydrogen-bond donors (Lipinski definition) is 2. The highest BCUT2D eigenvalue weighted by molar-refractivity contribution is 5.85. The summed E-state index contributed by atoms with van der Waals surface area (Å²) in [4.78, 5) is 25.4. The van der Waals surface area contributed by atoms with Gasteiger partial charge in [0, 0.05) is 6.54 Å². The maximum Gasteiger partial charge on any atom is 0.307 e. The fourth-order valence-electron chi connectivity index (χ4n) is 3.25. The molecule has 102 valence electrons. The number of likely N-dealkylation sites (tertiary alicyclic amines) is 1. The lowest BCUT2D eigenvalue weighted by Gasteiger charge is -2.33. The summed E-state index contributed by atoms with van der Waals surface area (Å²) in [5.74, 6) is -1.83.